The van der Waals surface area contributed by atoms with E-state index in [1.807, 2.05) is 36.4 Å². The quantitative estimate of drug-likeness (QED) is 0.0772. The predicted molar refractivity (Wildman–Crippen MR) is 199 cm³/mol. The molecular formula is C38H56NO9PSi. The SMILES string of the molecule is COCCO[C@@H]1[C@H](O[Si](c2ccccc2)(c2ccccc2)C(C)(C)C)[C@@H](/C=C/P(=O)(OC(C)C)OC(C)C)O[C@H]1N(/C=C(/C)C(C)=O)C(C)=O. The largest absolute Gasteiger partial charge is 0.399 e. The summed E-state index contributed by atoms with van der Waals surface area (Å²) in [4.78, 5) is 27.0. The van der Waals surface area contributed by atoms with Gasteiger partial charge in [-0.15, -0.1) is 0 Å². The maximum atomic E-state index is 14.0. The van der Waals surface area contributed by atoms with Crippen molar-refractivity contribution in [2.45, 2.75) is 111 Å². The van der Waals surface area contributed by atoms with Gasteiger partial charge >= 0.3 is 7.60 Å². The molecule has 1 fully saturated rings. The van der Waals surface area contributed by atoms with Gasteiger partial charge in [0.1, 0.15) is 18.3 Å². The summed E-state index contributed by atoms with van der Waals surface area (Å²) in [7, 11) is -5.42. The molecule has 0 radical (unpaired) electrons. The first-order chi connectivity index (χ1) is 23.5. The molecule has 10 nitrogen and oxygen atoms in total. The second-order valence-corrected chi connectivity index (χ2v) is 20.1. The van der Waals surface area contributed by atoms with Gasteiger partial charge in [-0.25, -0.2) is 0 Å². The minimum Gasteiger partial charge on any atom is -0.399 e. The molecule has 3 rings (SSSR count). The smallest absolute Gasteiger partial charge is 0.354 e. The van der Waals surface area contributed by atoms with Crippen molar-refractivity contribution in [3.63, 3.8) is 0 Å². The number of carbonyl (C=O) groups is 2. The third-order valence-electron chi connectivity index (χ3n) is 8.25. The molecule has 50 heavy (non-hydrogen) atoms. The number of Topliss-reactive ketones (excluding diaryl/α,β-unsaturated/α-hetero) is 1. The van der Waals surface area contributed by atoms with Crippen molar-refractivity contribution in [2.24, 2.45) is 0 Å². The highest BCUT2D eigenvalue weighted by Gasteiger charge is 2.57. The molecule has 0 N–H and O–H groups in total. The Kier molecular flexibility index (Phi) is 15.1. The second kappa shape index (κ2) is 18.2. The highest BCUT2D eigenvalue weighted by Crippen LogP contribution is 2.52. The van der Waals surface area contributed by atoms with Crippen LogP contribution in [0.25, 0.3) is 0 Å². The standard InChI is InChI=1S/C38H56NO9PSi/c1-27(2)46-49(42,47-28(3)4)25-22-34-35(36(44-24-23-43-11)37(45-34)39(31(7)41)26-29(5)30(6)40)48-50(38(8,9)10,32-18-14-12-15-19-32)33-20-16-13-17-21-33/h12-22,25-28,34-37H,23-24H2,1-11H3/b25-22+,29-26-/t34-,35-,36-,37-/m1/s1. The number of amides is 1. The van der Waals surface area contributed by atoms with E-state index in [1.54, 1.807) is 47.8 Å². The van der Waals surface area contributed by atoms with Gasteiger partial charge < -0.3 is 27.7 Å². The number of nitrogens with zero attached hydrogens (tertiary/aromatic N) is 1. The van der Waals surface area contributed by atoms with Crippen LogP contribution in [0.5, 0.6) is 0 Å². The zero-order chi connectivity index (χ0) is 37.3. The van der Waals surface area contributed by atoms with E-state index in [9.17, 15) is 14.2 Å². The van der Waals surface area contributed by atoms with Gasteiger partial charge in [-0.05, 0) is 63.0 Å². The maximum absolute atomic E-state index is 14.0. The first-order valence-corrected chi connectivity index (χ1v) is 20.7. The minimum atomic E-state index is -3.76. The van der Waals surface area contributed by atoms with Gasteiger partial charge in [-0.3, -0.25) is 19.1 Å². The zero-order valence-corrected chi connectivity index (χ0v) is 33.3. The van der Waals surface area contributed by atoms with Gasteiger partial charge in [0.15, 0.2) is 12.0 Å². The van der Waals surface area contributed by atoms with Crippen LogP contribution in [0.4, 0.5) is 0 Å². The molecule has 4 atom stereocenters. The number of hydrogen-bond donors (Lipinski definition) is 0. The molecule has 1 aliphatic heterocycles. The lowest BCUT2D eigenvalue weighted by atomic mass is 10.1. The zero-order valence-electron chi connectivity index (χ0n) is 31.5. The van der Waals surface area contributed by atoms with E-state index >= 15 is 0 Å². The molecule has 0 saturated carbocycles. The Morgan fingerprint density at radius 1 is 0.880 bits per heavy atom. The normalized spacial score (nSPS) is 20.6. The lowest BCUT2D eigenvalue weighted by Gasteiger charge is -2.46. The Hall–Kier alpha value is -2.73. The van der Waals surface area contributed by atoms with Crippen LogP contribution in [0.2, 0.25) is 5.04 Å². The van der Waals surface area contributed by atoms with E-state index in [4.69, 9.17) is 27.7 Å². The third-order valence-corrected chi connectivity index (χ3v) is 15.3. The molecule has 0 bridgehead atoms. The topological polar surface area (TPSA) is 110 Å². The van der Waals surface area contributed by atoms with Crippen LogP contribution in [-0.4, -0.2) is 82.0 Å². The number of allylic oxidation sites excluding steroid dienone is 1. The van der Waals surface area contributed by atoms with Crippen LogP contribution >= 0.6 is 7.60 Å². The summed E-state index contributed by atoms with van der Waals surface area (Å²) < 4.78 is 51.9. The Bertz CT molecular complexity index is 1450. The highest BCUT2D eigenvalue weighted by molar-refractivity contribution is 7.57. The number of ether oxygens (including phenoxy) is 3. The number of rotatable bonds is 17. The van der Waals surface area contributed by atoms with Crippen LogP contribution in [0.3, 0.4) is 0 Å². The van der Waals surface area contributed by atoms with Gasteiger partial charge in [0, 0.05) is 31.6 Å². The van der Waals surface area contributed by atoms with Gasteiger partial charge in [0.2, 0.25) is 5.91 Å². The first kappa shape index (κ1) is 41.7. The Morgan fingerprint density at radius 3 is 1.82 bits per heavy atom. The molecule has 1 heterocycles. The van der Waals surface area contributed by atoms with Gasteiger partial charge in [0.05, 0.1) is 25.4 Å². The molecule has 1 amide bonds. The molecule has 12 heteroatoms. The summed E-state index contributed by atoms with van der Waals surface area (Å²) in [6.07, 6.45) is -1.25. The summed E-state index contributed by atoms with van der Waals surface area (Å²) in [5.74, 6) is 0.866. The molecule has 0 spiro atoms. The number of carbonyl (C=O) groups excluding carboxylic acids is 2. The Morgan fingerprint density at radius 2 is 1.40 bits per heavy atom. The van der Waals surface area contributed by atoms with Crippen LogP contribution in [0.1, 0.15) is 69.2 Å². The number of methoxy groups -OCH3 is 1. The average Bonchev–Trinajstić information content (AvgIpc) is 3.36. The van der Waals surface area contributed by atoms with E-state index in [2.05, 4.69) is 45.0 Å². The Balaban J connectivity index is 2.35. The lowest BCUT2D eigenvalue weighted by molar-refractivity contribution is -0.145. The fraction of sp³-hybridized carbons (Fsp3) is 0.526. The summed E-state index contributed by atoms with van der Waals surface area (Å²) in [6, 6.07) is 20.3. The van der Waals surface area contributed by atoms with E-state index in [1.165, 1.54) is 30.8 Å². The lowest BCUT2D eigenvalue weighted by Crippen LogP contribution is -2.69. The highest BCUT2D eigenvalue weighted by atomic mass is 31.2. The average molecular weight is 730 g/mol. The summed E-state index contributed by atoms with van der Waals surface area (Å²) >= 11 is 0. The fourth-order valence-electron chi connectivity index (χ4n) is 6.03. The first-order valence-electron chi connectivity index (χ1n) is 17.1. The summed E-state index contributed by atoms with van der Waals surface area (Å²) in [5, 5.41) is 1.66. The van der Waals surface area contributed by atoms with E-state index < -0.39 is 45.5 Å². The van der Waals surface area contributed by atoms with Gasteiger partial charge in [0.25, 0.3) is 8.32 Å². The monoisotopic (exact) mass is 729 g/mol. The number of benzene rings is 2. The maximum Gasteiger partial charge on any atom is 0.354 e. The van der Waals surface area contributed by atoms with Gasteiger partial charge in [-0.2, -0.15) is 0 Å². The second-order valence-electron chi connectivity index (χ2n) is 14.0. The van der Waals surface area contributed by atoms with Crippen LogP contribution in [-0.2, 0) is 41.8 Å². The summed E-state index contributed by atoms with van der Waals surface area (Å²) in [6.45, 7) is 18.6. The molecule has 1 aliphatic rings. The molecular weight excluding hydrogens is 673 g/mol. The molecule has 0 unspecified atom stereocenters. The number of ketones is 1. The van der Waals surface area contributed by atoms with Crippen LogP contribution in [0.15, 0.2) is 84.3 Å². The summed E-state index contributed by atoms with van der Waals surface area (Å²) in [5.41, 5.74) is 0.364. The molecule has 2 aromatic carbocycles. The van der Waals surface area contributed by atoms with E-state index in [-0.39, 0.29) is 37.1 Å². The fourth-order valence-corrected chi connectivity index (χ4v) is 12.5. The molecule has 2 aromatic rings. The van der Waals surface area contributed by atoms with Crippen molar-refractivity contribution in [2.75, 3.05) is 20.3 Å². The van der Waals surface area contributed by atoms with Crippen molar-refractivity contribution in [3.05, 3.63) is 84.3 Å². The molecule has 276 valence electrons. The molecule has 0 aliphatic carbocycles. The van der Waals surface area contributed by atoms with Gasteiger partial charge in [-0.1, -0.05) is 81.4 Å². The third kappa shape index (κ3) is 10.4. The van der Waals surface area contributed by atoms with Crippen molar-refractivity contribution in [1.29, 1.82) is 0 Å². The number of hydrogen-bond acceptors (Lipinski definition) is 9. The minimum absolute atomic E-state index is 0.171. The van der Waals surface area contributed by atoms with Crippen LogP contribution in [0, 0.1) is 0 Å². The van der Waals surface area contributed by atoms with Crippen molar-refractivity contribution in [3.8, 4) is 0 Å². The Labute approximate surface area is 299 Å². The van der Waals surface area contributed by atoms with E-state index in [0.717, 1.165) is 10.4 Å². The van der Waals surface area contributed by atoms with Crippen molar-refractivity contribution in [1.82, 2.24) is 4.90 Å². The van der Waals surface area contributed by atoms with Crippen molar-refractivity contribution < 1.29 is 41.8 Å². The van der Waals surface area contributed by atoms with Crippen molar-refractivity contribution >= 4 is 38.0 Å². The molecule has 0 aromatic heterocycles. The molecule has 1 saturated heterocycles. The van der Waals surface area contributed by atoms with Crippen LogP contribution < -0.4 is 10.4 Å². The van der Waals surface area contributed by atoms with E-state index in [0.29, 0.717) is 5.57 Å². The predicted octanol–water partition coefficient (Wildman–Crippen LogP) is 6.59.